The first-order valence-electron chi connectivity index (χ1n) is 10.5. The molecule has 0 saturated carbocycles. The zero-order valence-electron chi connectivity index (χ0n) is 17.7. The molecule has 31 heavy (non-hydrogen) atoms. The first-order valence-corrected chi connectivity index (χ1v) is 10.5. The van der Waals surface area contributed by atoms with Gasteiger partial charge < -0.3 is 15.4 Å². The predicted octanol–water partition coefficient (Wildman–Crippen LogP) is 4.15. The van der Waals surface area contributed by atoms with Crippen LogP contribution in [0.3, 0.4) is 0 Å². The molecule has 5 nitrogen and oxygen atoms in total. The third kappa shape index (κ3) is 6.71. The average Bonchev–Trinajstić information content (AvgIpc) is 2.82. The Balaban J connectivity index is 1.48. The Hall–Kier alpha value is -3.60. The summed E-state index contributed by atoms with van der Waals surface area (Å²) in [7, 11) is 0. The van der Waals surface area contributed by atoms with E-state index in [0.717, 1.165) is 6.42 Å². The third-order valence-corrected chi connectivity index (χ3v) is 5.00. The quantitative estimate of drug-likeness (QED) is 0.522. The van der Waals surface area contributed by atoms with Crippen molar-refractivity contribution in [1.29, 1.82) is 0 Å². The molecule has 0 saturated heterocycles. The predicted molar refractivity (Wildman–Crippen MR) is 122 cm³/mol. The number of nitrogens with one attached hydrogen (secondary N) is 2. The Morgan fingerprint density at radius 2 is 1.39 bits per heavy atom. The van der Waals surface area contributed by atoms with Gasteiger partial charge in [0.15, 0.2) is 0 Å². The lowest BCUT2D eigenvalue weighted by atomic mass is 9.88. The number of hydrogen-bond acceptors (Lipinski definition) is 3. The van der Waals surface area contributed by atoms with Gasteiger partial charge >= 0.3 is 0 Å². The molecule has 0 heterocycles. The fraction of sp³-hybridized carbons (Fsp3) is 0.231. The van der Waals surface area contributed by atoms with E-state index in [0.29, 0.717) is 24.5 Å². The molecule has 3 aromatic carbocycles. The zero-order chi connectivity index (χ0) is 21.9. The standard InChI is InChI=1S/C26H28N2O3/c1-2-31-23-15-13-22(14-16-23)26(30)28-19-25(29)27-18-17-24(20-9-5-3-6-10-20)21-11-7-4-8-12-21/h3-16,24H,2,17-19H2,1H3,(H,27,29)(H,28,30). The van der Waals surface area contributed by atoms with Crippen molar-refractivity contribution in [1.82, 2.24) is 10.6 Å². The van der Waals surface area contributed by atoms with E-state index >= 15 is 0 Å². The molecule has 0 spiro atoms. The lowest BCUT2D eigenvalue weighted by molar-refractivity contribution is -0.120. The van der Waals surface area contributed by atoms with Crippen LogP contribution in [-0.2, 0) is 4.79 Å². The number of amides is 2. The van der Waals surface area contributed by atoms with E-state index in [9.17, 15) is 9.59 Å². The van der Waals surface area contributed by atoms with E-state index in [2.05, 4.69) is 34.9 Å². The van der Waals surface area contributed by atoms with Crippen LogP contribution in [0.5, 0.6) is 5.75 Å². The third-order valence-electron chi connectivity index (χ3n) is 5.00. The molecule has 0 aliphatic carbocycles. The topological polar surface area (TPSA) is 67.4 Å². The van der Waals surface area contributed by atoms with Crippen LogP contribution >= 0.6 is 0 Å². The second-order valence-electron chi connectivity index (χ2n) is 7.15. The van der Waals surface area contributed by atoms with Crippen molar-refractivity contribution >= 4 is 11.8 Å². The monoisotopic (exact) mass is 416 g/mol. The molecule has 3 aromatic rings. The summed E-state index contributed by atoms with van der Waals surface area (Å²) < 4.78 is 5.37. The molecule has 0 unspecified atom stereocenters. The van der Waals surface area contributed by atoms with Gasteiger partial charge in [-0.2, -0.15) is 0 Å². The molecule has 0 fully saturated rings. The molecule has 5 heteroatoms. The van der Waals surface area contributed by atoms with E-state index in [1.54, 1.807) is 24.3 Å². The van der Waals surface area contributed by atoms with E-state index < -0.39 is 0 Å². The maximum absolute atomic E-state index is 12.2. The lowest BCUT2D eigenvalue weighted by Crippen LogP contribution is -2.37. The molecule has 160 valence electrons. The summed E-state index contributed by atoms with van der Waals surface area (Å²) in [4.78, 5) is 24.5. The van der Waals surface area contributed by atoms with E-state index in [4.69, 9.17) is 4.74 Å². The summed E-state index contributed by atoms with van der Waals surface area (Å²) in [6, 6.07) is 27.4. The first-order chi connectivity index (χ1) is 15.2. The van der Waals surface area contributed by atoms with Crippen LogP contribution in [-0.4, -0.2) is 31.5 Å². The Morgan fingerprint density at radius 1 is 0.806 bits per heavy atom. The molecule has 0 atom stereocenters. The SMILES string of the molecule is CCOc1ccc(C(=O)NCC(=O)NCCC(c2ccccc2)c2ccccc2)cc1. The Labute approximate surface area is 183 Å². The number of benzene rings is 3. The second kappa shape index (κ2) is 11.6. The number of rotatable bonds is 10. The summed E-state index contributed by atoms with van der Waals surface area (Å²) in [6.07, 6.45) is 0.770. The highest BCUT2D eigenvalue weighted by Crippen LogP contribution is 2.27. The maximum Gasteiger partial charge on any atom is 0.251 e. The van der Waals surface area contributed by atoms with Gasteiger partial charge in [-0.1, -0.05) is 60.7 Å². The van der Waals surface area contributed by atoms with Gasteiger partial charge in [0.25, 0.3) is 5.91 Å². The molecule has 0 bridgehead atoms. The summed E-state index contributed by atoms with van der Waals surface area (Å²) in [5, 5.41) is 5.57. The second-order valence-corrected chi connectivity index (χ2v) is 7.15. The first kappa shape index (κ1) is 22.1. The van der Waals surface area contributed by atoms with Gasteiger partial charge in [0.05, 0.1) is 13.2 Å². The van der Waals surface area contributed by atoms with Crippen LogP contribution in [0.25, 0.3) is 0 Å². The van der Waals surface area contributed by atoms with Gasteiger partial charge in [-0.3, -0.25) is 9.59 Å². The molecule has 0 aliphatic heterocycles. The summed E-state index contributed by atoms with van der Waals surface area (Å²) >= 11 is 0. The fourth-order valence-electron chi connectivity index (χ4n) is 3.45. The van der Waals surface area contributed by atoms with E-state index in [-0.39, 0.29) is 24.3 Å². The fourth-order valence-corrected chi connectivity index (χ4v) is 3.45. The highest BCUT2D eigenvalue weighted by Gasteiger charge is 2.14. The molecule has 2 N–H and O–H groups in total. The lowest BCUT2D eigenvalue weighted by Gasteiger charge is -2.18. The molecule has 2 amide bonds. The minimum Gasteiger partial charge on any atom is -0.494 e. The van der Waals surface area contributed by atoms with Gasteiger partial charge in [0.1, 0.15) is 5.75 Å². The summed E-state index contributed by atoms with van der Waals surface area (Å²) in [5.41, 5.74) is 2.92. The minimum absolute atomic E-state index is 0.0621. The van der Waals surface area contributed by atoms with Crippen LogP contribution < -0.4 is 15.4 Å². The molecule has 3 rings (SSSR count). The number of carbonyl (C=O) groups is 2. The molecular weight excluding hydrogens is 388 g/mol. The van der Waals surface area contributed by atoms with Crippen molar-refractivity contribution in [3.63, 3.8) is 0 Å². The van der Waals surface area contributed by atoms with Gasteiger partial charge in [-0.15, -0.1) is 0 Å². The van der Waals surface area contributed by atoms with Gasteiger partial charge in [0, 0.05) is 18.0 Å². The van der Waals surface area contributed by atoms with Crippen LogP contribution in [0.1, 0.15) is 40.7 Å². The van der Waals surface area contributed by atoms with Crippen LogP contribution in [0.4, 0.5) is 0 Å². The van der Waals surface area contributed by atoms with E-state index in [1.165, 1.54) is 11.1 Å². The van der Waals surface area contributed by atoms with Crippen LogP contribution in [0.15, 0.2) is 84.9 Å². The Kier molecular flexibility index (Phi) is 8.23. The normalized spacial score (nSPS) is 10.5. The summed E-state index contributed by atoms with van der Waals surface area (Å²) in [6.45, 7) is 2.93. The number of ether oxygens (including phenoxy) is 1. The highest BCUT2D eigenvalue weighted by atomic mass is 16.5. The summed E-state index contributed by atoms with van der Waals surface area (Å²) in [5.74, 6) is 0.410. The van der Waals surface area contributed by atoms with Crippen LogP contribution in [0.2, 0.25) is 0 Å². The largest absolute Gasteiger partial charge is 0.494 e. The van der Waals surface area contributed by atoms with Crippen LogP contribution in [0, 0.1) is 0 Å². The van der Waals surface area contributed by atoms with Crippen molar-refractivity contribution in [3.05, 3.63) is 102 Å². The van der Waals surface area contributed by atoms with Gasteiger partial charge in [0.2, 0.25) is 5.91 Å². The van der Waals surface area contributed by atoms with Crippen molar-refractivity contribution in [2.45, 2.75) is 19.3 Å². The molecular formula is C26H28N2O3. The van der Waals surface area contributed by atoms with Crippen molar-refractivity contribution in [2.75, 3.05) is 19.7 Å². The minimum atomic E-state index is -0.287. The van der Waals surface area contributed by atoms with Gasteiger partial charge in [-0.05, 0) is 48.7 Å². The van der Waals surface area contributed by atoms with Crippen molar-refractivity contribution in [3.8, 4) is 5.75 Å². The maximum atomic E-state index is 12.2. The zero-order valence-corrected chi connectivity index (χ0v) is 17.7. The smallest absolute Gasteiger partial charge is 0.251 e. The Bertz CT molecular complexity index is 917. The van der Waals surface area contributed by atoms with E-state index in [1.807, 2.05) is 43.3 Å². The highest BCUT2D eigenvalue weighted by molar-refractivity contribution is 5.96. The van der Waals surface area contributed by atoms with Gasteiger partial charge in [-0.25, -0.2) is 0 Å². The number of carbonyl (C=O) groups excluding carboxylic acids is 2. The Morgan fingerprint density at radius 3 is 1.94 bits per heavy atom. The number of hydrogen-bond donors (Lipinski definition) is 2. The molecule has 0 aliphatic rings. The average molecular weight is 417 g/mol. The molecule has 0 radical (unpaired) electrons. The van der Waals surface area contributed by atoms with Crippen molar-refractivity contribution in [2.24, 2.45) is 0 Å². The molecule has 0 aromatic heterocycles. The van der Waals surface area contributed by atoms with Crippen molar-refractivity contribution < 1.29 is 14.3 Å².